The van der Waals surface area contributed by atoms with E-state index in [4.69, 9.17) is 23.2 Å². The number of amides is 2. The third kappa shape index (κ3) is 3.74. The molecule has 1 saturated heterocycles. The van der Waals surface area contributed by atoms with Gasteiger partial charge in [-0.3, -0.25) is 0 Å². The third-order valence-electron chi connectivity index (χ3n) is 3.95. The minimum Gasteiger partial charge on any atom is -0.368 e. The van der Waals surface area contributed by atoms with E-state index in [1.165, 1.54) is 12.1 Å². The van der Waals surface area contributed by atoms with Crippen LogP contribution in [-0.2, 0) is 0 Å². The first-order valence-electron chi connectivity index (χ1n) is 7.55. The Morgan fingerprint density at radius 2 is 1.54 bits per heavy atom. The summed E-state index contributed by atoms with van der Waals surface area (Å²) < 4.78 is 13.0. The Labute approximate surface area is 149 Å². The molecule has 1 aliphatic rings. The summed E-state index contributed by atoms with van der Waals surface area (Å²) in [5, 5.41) is 3.57. The molecular weight excluding hydrogens is 352 g/mol. The van der Waals surface area contributed by atoms with Gasteiger partial charge in [-0.1, -0.05) is 29.3 Å². The van der Waals surface area contributed by atoms with Crippen LogP contribution in [0.2, 0.25) is 10.0 Å². The van der Waals surface area contributed by atoms with Gasteiger partial charge >= 0.3 is 6.03 Å². The molecule has 0 radical (unpaired) electrons. The van der Waals surface area contributed by atoms with Gasteiger partial charge in [-0.25, -0.2) is 9.18 Å². The standard InChI is InChI=1S/C17H16Cl2FN3O/c18-14-2-1-3-15(19)16(14)21-17(24)23-10-8-22(9-11-23)13-6-4-12(20)5-7-13/h1-7H,8-11H2,(H,21,24). The van der Waals surface area contributed by atoms with Gasteiger partial charge in [0.05, 0.1) is 15.7 Å². The van der Waals surface area contributed by atoms with Crippen LogP contribution in [0.4, 0.5) is 20.6 Å². The molecule has 3 rings (SSSR count). The molecule has 2 aromatic rings. The van der Waals surface area contributed by atoms with E-state index in [0.29, 0.717) is 41.9 Å². The van der Waals surface area contributed by atoms with E-state index in [-0.39, 0.29) is 11.8 Å². The zero-order valence-electron chi connectivity index (χ0n) is 12.8. The molecule has 0 aliphatic carbocycles. The van der Waals surface area contributed by atoms with E-state index in [0.717, 1.165) is 5.69 Å². The van der Waals surface area contributed by atoms with Gasteiger partial charge in [-0.2, -0.15) is 0 Å². The van der Waals surface area contributed by atoms with Crippen LogP contribution in [0.1, 0.15) is 0 Å². The number of carbonyl (C=O) groups is 1. The summed E-state index contributed by atoms with van der Waals surface area (Å²) >= 11 is 12.1. The Morgan fingerprint density at radius 1 is 0.958 bits per heavy atom. The molecule has 1 aliphatic heterocycles. The summed E-state index contributed by atoms with van der Waals surface area (Å²) in [5.41, 5.74) is 1.37. The summed E-state index contributed by atoms with van der Waals surface area (Å²) in [6.45, 7) is 2.47. The van der Waals surface area contributed by atoms with Crippen molar-refractivity contribution in [2.75, 3.05) is 36.4 Å². The van der Waals surface area contributed by atoms with Gasteiger partial charge < -0.3 is 15.1 Å². The van der Waals surface area contributed by atoms with Crippen molar-refractivity contribution < 1.29 is 9.18 Å². The van der Waals surface area contributed by atoms with Crippen molar-refractivity contribution in [3.63, 3.8) is 0 Å². The summed E-state index contributed by atoms with van der Waals surface area (Å²) in [6, 6.07) is 11.2. The van der Waals surface area contributed by atoms with Gasteiger partial charge in [-0.15, -0.1) is 0 Å². The summed E-state index contributed by atoms with van der Waals surface area (Å²) in [4.78, 5) is 16.2. The van der Waals surface area contributed by atoms with E-state index >= 15 is 0 Å². The number of nitrogens with zero attached hydrogens (tertiary/aromatic N) is 2. The van der Waals surface area contributed by atoms with Gasteiger partial charge in [0, 0.05) is 31.9 Å². The van der Waals surface area contributed by atoms with Crippen LogP contribution in [0.5, 0.6) is 0 Å². The number of benzene rings is 2. The lowest BCUT2D eigenvalue weighted by molar-refractivity contribution is 0.208. The van der Waals surface area contributed by atoms with E-state index in [9.17, 15) is 9.18 Å². The first-order valence-corrected chi connectivity index (χ1v) is 8.30. The maximum Gasteiger partial charge on any atom is 0.322 e. The van der Waals surface area contributed by atoms with Gasteiger partial charge in [0.2, 0.25) is 0 Å². The highest BCUT2D eigenvalue weighted by Crippen LogP contribution is 2.30. The number of hydrogen-bond donors (Lipinski definition) is 1. The molecule has 1 heterocycles. The number of hydrogen-bond acceptors (Lipinski definition) is 2. The number of carbonyl (C=O) groups excluding carboxylic acids is 1. The zero-order valence-corrected chi connectivity index (χ0v) is 14.3. The minimum absolute atomic E-state index is 0.233. The van der Waals surface area contributed by atoms with E-state index < -0.39 is 0 Å². The first-order chi connectivity index (χ1) is 11.5. The molecule has 0 spiro atoms. The first kappa shape index (κ1) is 16.9. The lowest BCUT2D eigenvalue weighted by Gasteiger charge is -2.36. The molecule has 0 atom stereocenters. The second kappa shape index (κ2) is 7.28. The molecule has 0 saturated carbocycles. The van der Waals surface area contributed by atoms with Crippen LogP contribution in [0, 0.1) is 5.82 Å². The van der Waals surface area contributed by atoms with Gasteiger partial charge in [0.15, 0.2) is 0 Å². The highest BCUT2D eigenvalue weighted by Gasteiger charge is 2.22. The number of rotatable bonds is 2. The molecule has 1 fully saturated rings. The molecule has 0 bridgehead atoms. The number of piperazine rings is 1. The van der Waals surface area contributed by atoms with Gasteiger partial charge in [0.25, 0.3) is 0 Å². The predicted octanol–water partition coefficient (Wildman–Crippen LogP) is 4.49. The van der Waals surface area contributed by atoms with Crippen LogP contribution in [0.15, 0.2) is 42.5 Å². The second-order valence-corrected chi connectivity index (χ2v) is 6.29. The molecule has 1 N–H and O–H groups in total. The van der Waals surface area contributed by atoms with Crippen LogP contribution in [0.3, 0.4) is 0 Å². The Morgan fingerprint density at radius 3 is 2.12 bits per heavy atom. The molecule has 0 unspecified atom stereocenters. The lowest BCUT2D eigenvalue weighted by atomic mass is 10.2. The van der Waals surface area contributed by atoms with Crippen molar-refractivity contribution in [2.45, 2.75) is 0 Å². The fraction of sp³-hybridized carbons (Fsp3) is 0.235. The monoisotopic (exact) mass is 367 g/mol. The molecule has 7 heteroatoms. The molecule has 4 nitrogen and oxygen atoms in total. The number of nitrogens with one attached hydrogen (secondary N) is 1. The summed E-state index contributed by atoms with van der Waals surface area (Å²) in [7, 11) is 0. The van der Waals surface area contributed by atoms with Crippen molar-refractivity contribution in [3.05, 3.63) is 58.3 Å². The van der Waals surface area contributed by atoms with Crippen molar-refractivity contribution in [1.29, 1.82) is 0 Å². The lowest BCUT2D eigenvalue weighted by Crippen LogP contribution is -2.50. The molecular formula is C17H16Cl2FN3O. The summed E-state index contributed by atoms with van der Waals surface area (Å²) in [5.74, 6) is -0.256. The van der Waals surface area contributed by atoms with E-state index in [1.54, 1.807) is 35.2 Å². The molecule has 2 amide bonds. The quantitative estimate of drug-likeness (QED) is 0.848. The Balaban J connectivity index is 1.60. The van der Waals surface area contributed by atoms with Crippen LogP contribution in [-0.4, -0.2) is 37.1 Å². The van der Waals surface area contributed by atoms with Crippen molar-refractivity contribution in [2.24, 2.45) is 0 Å². The molecule has 24 heavy (non-hydrogen) atoms. The van der Waals surface area contributed by atoms with Crippen molar-refractivity contribution in [3.8, 4) is 0 Å². The number of para-hydroxylation sites is 1. The van der Waals surface area contributed by atoms with Crippen LogP contribution in [0.25, 0.3) is 0 Å². The minimum atomic E-state index is -0.256. The SMILES string of the molecule is O=C(Nc1c(Cl)cccc1Cl)N1CCN(c2ccc(F)cc2)CC1. The third-order valence-corrected chi connectivity index (χ3v) is 4.58. The largest absolute Gasteiger partial charge is 0.368 e. The Kier molecular flexibility index (Phi) is 5.11. The number of urea groups is 1. The average molecular weight is 368 g/mol. The topological polar surface area (TPSA) is 35.6 Å². The van der Waals surface area contributed by atoms with Crippen molar-refractivity contribution in [1.82, 2.24) is 4.90 Å². The number of anilines is 2. The fourth-order valence-electron chi connectivity index (χ4n) is 2.62. The van der Waals surface area contributed by atoms with Crippen LogP contribution < -0.4 is 10.2 Å². The van der Waals surface area contributed by atoms with E-state index in [2.05, 4.69) is 10.2 Å². The average Bonchev–Trinajstić information content (AvgIpc) is 2.59. The molecule has 0 aromatic heterocycles. The highest BCUT2D eigenvalue weighted by atomic mass is 35.5. The Bertz CT molecular complexity index is 711. The highest BCUT2D eigenvalue weighted by molar-refractivity contribution is 6.39. The van der Waals surface area contributed by atoms with E-state index in [1.807, 2.05) is 0 Å². The maximum absolute atomic E-state index is 13.0. The molecule has 126 valence electrons. The fourth-order valence-corrected chi connectivity index (χ4v) is 3.11. The second-order valence-electron chi connectivity index (χ2n) is 5.48. The smallest absolute Gasteiger partial charge is 0.322 e. The zero-order chi connectivity index (χ0) is 17.1. The van der Waals surface area contributed by atoms with Crippen LogP contribution >= 0.6 is 23.2 Å². The Hall–Kier alpha value is -1.98. The summed E-state index contributed by atoms with van der Waals surface area (Å²) in [6.07, 6.45) is 0. The predicted molar refractivity (Wildman–Crippen MR) is 95.7 cm³/mol. The molecule has 2 aromatic carbocycles. The van der Waals surface area contributed by atoms with Crippen molar-refractivity contribution >= 4 is 40.6 Å². The normalized spacial score (nSPS) is 14.6. The van der Waals surface area contributed by atoms with Gasteiger partial charge in [0.1, 0.15) is 5.82 Å². The number of halogens is 3. The maximum atomic E-state index is 13.0. The van der Waals surface area contributed by atoms with Gasteiger partial charge in [-0.05, 0) is 36.4 Å².